The van der Waals surface area contributed by atoms with Gasteiger partial charge in [-0.15, -0.1) is 0 Å². The Kier molecular flexibility index (Phi) is 8.74. The maximum Gasteiger partial charge on any atom is 0.328 e. The number of carbonyl (C=O) groups is 2. The van der Waals surface area contributed by atoms with Crippen LogP contribution in [0.2, 0.25) is 0 Å². The van der Waals surface area contributed by atoms with Gasteiger partial charge in [0.1, 0.15) is 0 Å². The first-order valence-electron chi connectivity index (χ1n) is 2.21. The van der Waals surface area contributed by atoms with Crippen LogP contribution in [0.25, 0.3) is 0 Å². The van der Waals surface area contributed by atoms with Gasteiger partial charge >= 0.3 is 11.9 Å². The van der Waals surface area contributed by atoms with Crippen LogP contribution in [0.1, 0.15) is 0 Å². The van der Waals surface area contributed by atoms with Crippen molar-refractivity contribution in [3.8, 4) is 0 Å². The first-order valence-corrected chi connectivity index (χ1v) is 2.21. The van der Waals surface area contributed by atoms with Gasteiger partial charge in [0, 0.05) is 19.3 Å². The third kappa shape index (κ3) is 15.9. The molecule has 0 aliphatic rings. The standard InChI is InChI=1S/C4H4O4.CH4O/c5-3(6)1-2-4(7)8;1-2/h1-2H,(H,5,6)(H,7,8);2H,1H3. The molecule has 0 radical (unpaired) electrons. The minimum absolute atomic E-state index is 0.558. The molecule has 5 nitrogen and oxygen atoms in total. The van der Waals surface area contributed by atoms with Gasteiger partial charge in [-0.1, -0.05) is 0 Å². The molecule has 0 aliphatic carbocycles. The van der Waals surface area contributed by atoms with Gasteiger partial charge in [-0.2, -0.15) is 0 Å². The lowest BCUT2D eigenvalue weighted by molar-refractivity contribution is -0.134. The Labute approximate surface area is 57.2 Å². The molecule has 0 spiro atoms. The number of rotatable bonds is 2. The molecule has 58 valence electrons. The summed E-state index contributed by atoms with van der Waals surface area (Å²) in [5.74, 6) is -2.51. The van der Waals surface area contributed by atoms with Crippen LogP contribution in [-0.2, 0) is 9.59 Å². The molecule has 0 aliphatic heterocycles. The third-order valence-corrected chi connectivity index (χ3v) is 0.368. The van der Waals surface area contributed by atoms with E-state index in [2.05, 4.69) is 0 Å². The first kappa shape index (κ1) is 11.4. The molecular formula is C5H8O5. The van der Waals surface area contributed by atoms with Crippen LogP contribution in [0.5, 0.6) is 0 Å². The number of carboxylic acid groups (broad SMARTS) is 2. The molecule has 0 fully saturated rings. The van der Waals surface area contributed by atoms with Crippen LogP contribution in [0.3, 0.4) is 0 Å². The topological polar surface area (TPSA) is 94.8 Å². The van der Waals surface area contributed by atoms with E-state index >= 15 is 0 Å². The monoisotopic (exact) mass is 148 g/mol. The number of aliphatic hydroxyl groups excluding tert-OH is 1. The SMILES string of the molecule is CO.O=C(O)C=CC(=O)O. The van der Waals surface area contributed by atoms with Gasteiger partial charge in [0.25, 0.3) is 0 Å². The van der Waals surface area contributed by atoms with E-state index in [1.54, 1.807) is 0 Å². The second kappa shape index (κ2) is 7.64. The van der Waals surface area contributed by atoms with Crippen molar-refractivity contribution in [2.75, 3.05) is 7.11 Å². The number of aliphatic hydroxyl groups is 1. The van der Waals surface area contributed by atoms with Crippen LogP contribution in [0.15, 0.2) is 12.2 Å². The van der Waals surface area contributed by atoms with E-state index in [-0.39, 0.29) is 0 Å². The summed E-state index contributed by atoms with van der Waals surface area (Å²) in [5, 5.41) is 22.6. The summed E-state index contributed by atoms with van der Waals surface area (Å²) in [4.78, 5) is 19.1. The van der Waals surface area contributed by atoms with Gasteiger partial charge in [-0.25, -0.2) is 9.59 Å². The molecule has 0 aromatic heterocycles. The zero-order valence-electron chi connectivity index (χ0n) is 5.31. The van der Waals surface area contributed by atoms with Crippen LogP contribution < -0.4 is 0 Å². The van der Waals surface area contributed by atoms with E-state index in [1.165, 1.54) is 0 Å². The smallest absolute Gasteiger partial charge is 0.328 e. The molecule has 0 saturated carbocycles. The van der Waals surface area contributed by atoms with Gasteiger partial charge < -0.3 is 15.3 Å². The zero-order chi connectivity index (χ0) is 8.57. The second-order valence-corrected chi connectivity index (χ2v) is 1.01. The number of carboxylic acids is 2. The minimum atomic E-state index is -1.26. The van der Waals surface area contributed by atoms with E-state index in [9.17, 15) is 9.59 Å². The summed E-state index contributed by atoms with van der Waals surface area (Å²) in [6.45, 7) is 0. The van der Waals surface area contributed by atoms with Crippen molar-refractivity contribution in [1.29, 1.82) is 0 Å². The van der Waals surface area contributed by atoms with E-state index < -0.39 is 11.9 Å². The molecule has 0 atom stereocenters. The van der Waals surface area contributed by atoms with E-state index in [0.717, 1.165) is 7.11 Å². The summed E-state index contributed by atoms with van der Waals surface area (Å²) >= 11 is 0. The Morgan fingerprint density at radius 1 is 1.00 bits per heavy atom. The van der Waals surface area contributed by atoms with Crippen LogP contribution >= 0.6 is 0 Å². The molecule has 0 bridgehead atoms. The van der Waals surface area contributed by atoms with Gasteiger partial charge in [0.15, 0.2) is 0 Å². The molecule has 0 aromatic carbocycles. The lowest BCUT2D eigenvalue weighted by atomic mass is 10.5. The largest absolute Gasteiger partial charge is 0.478 e. The Morgan fingerprint density at radius 3 is 1.30 bits per heavy atom. The average molecular weight is 148 g/mol. The highest BCUT2D eigenvalue weighted by molar-refractivity contribution is 5.89. The van der Waals surface area contributed by atoms with E-state index in [4.69, 9.17) is 15.3 Å². The highest BCUT2D eigenvalue weighted by Crippen LogP contribution is 1.70. The van der Waals surface area contributed by atoms with Gasteiger partial charge in [0.05, 0.1) is 0 Å². The fraction of sp³-hybridized carbons (Fsp3) is 0.200. The summed E-state index contributed by atoms with van der Waals surface area (Å²) in [6.07, 6.45) is 1.12. The predicted octanol–water partition coefficient (Wildman–Crippen LogP) is -0.680. The Balaban J connectivity index is 0. The highest BCUT2D eigenvalue weighted by Gasteiger charge is 1.88. The van der Waals surface area contributed by atoms with Gasteiger partial charge in [0.2, 0.25) is 0 Å². The quantitative estimate of drug-likeness (QED) is 0.451. The van der Waals surface area contributed by atoms with Gasteiger partial charge in [-0.3, -0.25) is 0 Å². The third-order valence-electron chi connectivity index (χ3n) is 0.368. The number of hydrogen-bond acceptors (Lipinski definition) is 3. The average Bonchev–Trinajstić information content (AvgIpc) is 1.89. The number of hydrogen-bond donors (Lipinski definition) is 3. The van der Waals surface area contributed by atoms with Crippen LogP contribution in [-0.4, -0.2) is 34.4 Å². The lowest BCUT2D eigenvalue weighted by Crippen LogP contribution is -1.91. The number of aliphatic carboxylic acids is 2. The lowest BCUT2D eigenvalue weighted by Gasteiger charge is -1.74. The molecule has 0 unspecified atom stereocenters. The summed E-state index contributed by atoms with van der Waals surface area (Å²) < 4.78 is 0. The van der Waals surface area contributed by atoms with Crippen LogP contribution in [0.4, 0.5) is 0 Å². The summed E-state index contributed by atoms with van der Waals surface area (Å²) in [5.41, 5.74) is 0. The molecule has 0 heterocycles. The Bertz CT molecular complexity index is 121. The van der Waals surface area contributed by atoms with Gasteiger partial charge in [-0.05, 0) is 0 Å². The molecule has 0 amide bonds. The van der Waals surface area contributed by atoms with Crippen molar-refractivity contribution in [1.82, 2.24) is 0 Å². The molecule has 10 heavy (non-hydrogen) atoms. The maximum atomic E-state index is 9.55. The molecule has 0 rings (SSSR count). The molecule has 3 N–H and O–H groups in total. The summed E-state index contributed by atoms with van der Waals surface area (Å²) in [7, 11) is 1.00. The Morgan fingerprint density at radius 2 is 1.20 bits per heavy atom. The van der Waals surface area contributed by atoms with Crippen molar-refractivity contribution >= 4 is 11.9 Å². The van der Waals surface area contributed by atoms with E-state index in [0.29, 0.717) is 12.2 Å². The molecule has 5 heteroatoms. The fourth-order valence-corrected chi connectivity index (χ4v) is 0.143. The minimum Gasteiger partial charge on any atom is -0.478 e. The zero-order valence-corrected chi connectivity index (χ0v) is 5.31. The van der Waals surface area contributed by atoms with Crippen molar-refractivity contribution < 1.29 is 24.9 Å². The molecular weight excluding hydrogens is 140 g/mol. The maximum absolute atomic E-state index is 9.55. The highest BCUT2D eigenvalue weighted by atomic mass is 16.4. The molecule has 0 saturated heterocycles. The normalized spacial score (nSPS) is 8.20. The second-order valence-electron chi connectivity index (χ2n) is 1.01. The van der Waals surface area contributed by atoms with Crippen molar-refractivity contribution in [2.45, 2.75) is 0 Å². The van der Waals surface area contributed by atoms with Crippen molar-refractivity contribution in [3.63, 3.8) is 0 Å². The van der Waals surface area contributed by atoms with Crippen molar-refractivity contribution in [2.24, 2.45) is 0 Å². The Hall–Kier alpha value is -1.36. The summed E-state index contributed by atoms with van der Waals surface area (Å²) in [6, 6.07) is 0. The molecule has 0 aromatic rings. The van der Waals surface area contributed by atoms with Crippen LogP contribution in [0, 0.1) is 0 Å². The van der Waals surface area contributed by atoms with E-state index in [1.807, 2.05) is 0 Å². The predicted molar refractivity (Wildman–Crippen MR) is 32.6 cm³/mol. The van der Waals surface area contributed by atoms with Crippen molar-refractivity contribution in [3.05, 3.63) is 12.2 Å². The first-order chi connectivity index (χ1) is 4.63. The fourth-order valence-electron chi connectivity index (χ4n) is 0.143.